The SMILES string of the molecule is COc1ccc(-c2ccc(OC)c3occc23)cc1. The molecule has 0 aliphatic rings. The van der Waals surface area contributed by atoms with Gasteiger partial charge in [-0.15, -0.1) is 0 Å². The maximum Gasteiger partial charge on any atom is 0.176 e. The molecule has 0 atom stereocenters. The molecule has 0 spiro atoms. The first-order valence-electron chi connectivity index (χ1n) is 6.02. The van der Waals surface area contributed by atoms with Gasteiger partial charge in [0.05, 0.1) is 20.5 Å². The van der Waals surface area contributed by atoms with Crippen molar-refractivity contribution >= 4 is 11.0 Å². The van der Waals surface area contributed by atoms with Crippen LogP contribution in [0.4, 0.5) is 0 Å². The number of fused-ring (bicyclic) bond motifs is 1. The first-order valence-corrected chi connectivity index (χ1v) is 6.02. The minimum Gasteiger partial charge on any atom is -0.497 e. The van der Waals surface area contributed by atoms with E-state index in [4.69, 9.17) is 13.9 Å². The average Bonchev–Trinajstić information content (AvgIpc) is 2.96. The Hall–Kier alpha value is -2.42. The first-order chi connectivity index (χ1) is 9.33. The molecule has 0 saturated carbocycles. The summed E-state index contributed by atoms with van der Waals surface area (Å²) in [5, 5.41) is 1.05. The van der Waals surface area contributed by atoms with Crippen molar-refractivity contribution < 1.29 is 13.9 Å². The maximum absolute atomic E-state index is 5.50. The van der Waals surface area contributed by atoms with Gasteiger partial charge in [-0.2, -0.15) is 0 Å². The Kier molecular flexibility index (Phi) is 2.88. The fraction of sp³-hybridized carbons (Fsp3) is 0.125. The highest BCUT2D eigenvalue weighted by Gasteiger charge is 2.10. The zero-order valence-electron chi connectivity index (χ0n) is 10.8. The number of methoxy groups -OCH3 is 2. The highest BCUT2D eigenvalue weighted by molar-refractivity contribution is 5.97. The van der Waals surface area contributed by atoms with Crippen LogP contribution < -0.4 is 9.47 Å². The number of ether oxygens (including phenoxy) is 2. The Morgan fingerprint density at radius 1 is 0.842 bits per heavy atom. The summed E-state index contributed by atoms with van der Waals surface area (Å²) in [6.07, 6.45) is 1.68. The molecule has 2 aromatic carbocycles. The molecule has 0 bridgehead atoms. The lowest BCUT2D eigenvalue weighted by Crippen LogP contribution is -1.86. The molecule has 0 unspecified atom stereocenters. The molecule has 3 aromatic rings. The molecule has 3 rings (SSSR count). The van der Waals surface area contributed by atoms with Crippen LogP contribution in [0.25, 0.3) is 22.1 Å². The van der Waals surface area contributed by atoms with E-state index in [2.05, 4.69) is 0 Å². The largest absolute Gasteiger partial charge is 0.497 e. The predicted molar refractivity (Wildman–Crippen MR) is 74.8 cm³/mol. The molecule has 0 radical (unpaired) electrons. The van der Waals surface area contributed by atoms with Gasteiger partial charge in [0.25, 0.3) is 0 Å². The van der Waals surface area contributed by atoms with E-state index < -0.39 is 0 Å². The van der Waals surface area contributed by atoms with E-state index in [9.17, 15) is 0 Å². The summed E-state index contributed by atoms with van der Waals surface area (Å²) in [6, 6.07) is 13.9. The van der Waals surface area contributed by atoms with Crippen LogP contribution >= 0.6 is 0 Å². The second-order valence-corrected chi connectivity index (χ2v) is 4.21. The Morgan fingerprint density at radius 3 is 2.32 bits per heavy atom. The van der Waals surface area contributed by atoms with Crippen LogP contribution in [0, 0.1) is 0 Å². The number of hydrogen-bond acceptors (Lipinski definition) is 3. The van der Waals surface area contributed by atoms with Crippen molar-refractivity contribution in [3.63, 3.8) is 0 Å². The van der Waals surface area contributed by atoms with E-state index in [1.165, 1.54) is 0 Å². The molecule has 0 saturated heterocycles. The Balaban J connectivity index is 2.16. The fourth-order valence-corrected chi connectivity index (χ4v) is 2.22. The molecule has 1 aromatic heterocycles. The molecule has 0 amide bonds. The quantitative estimate of drug-likeness (QED) is 0.704. The molecule has 0 N–H and O–H groups in total. The van der Waals surface area contributed by atoms with Gasteiger partial charge in [0, 0.05) is 5.39 Å². The van der Waals surface area contributed by atoms with Gasteiger partial charge in [-0.25, -0.2) is 0 Å². The van der Waals surface area contributed by atoms with Gasteiger partial charge in [-0.3, -0.25) is 0 Å². The highest BCUT2D eigenvalue weighted by atomic mass is 16.5. The predicted octanol–water partition coefficient (Wildman–Crippen LogP) is 4.12. The van der Waals surface area contributed by atoms with Gasteiger partial charge < -0.3 is 13.9 Å². The van der Waals surface area contributed by atoms with Crippen LogP contribution in [-0.2, 0) is 0 Å². The smallest absolute Gasteiger partial charge is 0.176 e. The van der Waals surface area contributed by atoms with Crippen molar-refractivity contribution in [2.45, 2.75) is 0 Å². The second-order valence-electron chi connectivity index (χ2n) is 4.21. The minimum atomic E-state index is 0.747. The third-order valence-electron chi connectivity index (χ3n) is 3.20. The van der Waals surface area contributed by atoms with Crippen molar-refractivity contribution in [3.8, 4) is 22.6 Å². The Morgan fingerprint density at radius 2 is 1.63 bits per heavy atom. The third-order valence-corrected chi connectivity index (χ3v) is 3.20. The molecule has 0 aliphatic carbocycles. The molecule has 3 heteroatoms. The fourth-order valence-electron chi connectivity index (χ4n) is 2.22. The van der Waals surface area contributed by atoms with Gasteiger partial charge in [0.2, 0.25) is 0 Å². The van der Waals surface area contributed by atoms with Crippen LogP contribution in [-0.4, -0.2) is 14.2 Å². The van der Waals surface area contributed by atoms with Crippen LogP contribution in [0.5, 0.6) is 11.5 Å². The Labute approximate surface area is 111 Å². The van der Waals surface area contributed by atoms with Crippen LogP contribution in [0.1, 0.15) is 0 Å². The lowest BCUT2D eigenvalue weighted by atomic mass is 10.0. The van der Waals surface area contributed by atoms with Crippen molar-refractivity contribution in [2.24, 2.45) is 0 Å². The van der Waals surface area contributed by atoms with Gasteiger partial charge in [0.1, 0.15) is 5.75 Å². The average molecular weight is 254 g/mol. The topological polar surface area (TPSA) is 31.6 Å². The van der Waals surface area contributed by atoms with Gasteiger partial charge in [-0.1, -0.05) is 12.1 Å². The molecule has 1 heterocycles. The molecule has 3 nitrogen and oxygen atoms in total. The summed E-state index contributed by atoms with van der Waals surface area (Å²) in [7, 11) is 3.31. The summed E-state index contributed by atoms with van der Waals surface area (Å²) >= 11 is 0. The maximum atomic E-state index is 5.50. The number of hydrogen-bond donors (Lipinski definition) is 0. The summed E-state index contributed by atoms with van der Waals surface area (Å²) in [5.41, 5.74) is 3.01. The summed E-state index contributed by atoms with van der Waals surface area (Å²) in [6.45, 7) is 0. The summed E-state index contributed by atoms with van der Waals surface area (Å²) in [4.78, 5) is 0. The van der Waals surface area contributed by atoms with E-state index >= 15 is 0 Å². The standard InChI is InChI=1S/C16H14O3/c1-17-12-5-3-11(4-6-12)13-7-8-15(18-2)16-14(13)9-10-19-16/h3-10H,1-2H3. The first kappa shape index (κ1) is 11.7. The van der Waals surface area contributed by atoms with E-state index in [1.807, 2.05) is 42.5 Å². The van der Waals surface area contributed by atoms with Crippen molar-refractivity contribution in [2.75, 3.05) is 14.2 Å². The molecule has 0 fully saturated rings. The molecule has 19 heavy (non-hydrogen) atoms. The van der Waals surface area contributed by atoms with Crippen LogP contribution in [0.15, 0.2) is 53.1 Å². The number of benzene rings is 2. The number of furan rings is 1. The molecule has 0 aliphatic heterocycles. The van der Waals surface area contributed by atoms with Gasteiger partial charge >= 0.3 is 0 Å². The molecular weight excluding hydrogens is 240 g/mol. The van der Waals surface area contributed by atoms with Crippen molar-refractivity contribution in [1.29, 1.82) is 0 Å². The van der Waals surface area contributed by atoms with Crippen LogP contribution in [0.3, 0.4) is 0 Å². The second kappa shape index (κ2) is 4.69. The minimum absolute atomic E-state index is 0.747. The van der Waals surface area contributed by atoms with Crippen molar-refractivity contribution in [1.82, 2.24) is 0 Å². The monoisotopic (exact) mass is 254 g/mol. The highest BCUT2D eigenvalue weighted by Crippen LogP contribution is 2.35. The van der Waals surface area contributed by atoms with Crippen molar-refractivity contribution in [3.05, 3.63) is 48.7 Å². The van der Waals surface area contributed by atoms with Crippen LogP contribution in [0.2, 0.25) is 0 Å². The van der Waals surface area contributed by atoms with E-state index in [0.29, 0.717) is 0 Å². The molecule has 96 valence electrons. The summed E-state index contributed by atoms with van der Waals surface area (Å²) in [5.74, 6) is 1.60. The normalized spacial score (nSPS) is 10.6. The van der Waals surface area contributed by atoms with Gasteiger partial charge in [-0.05, 0) is 41.5 Å². The zero-order chi connectivity index (χ0) is 13.2. The van der Waals surface area contributed by atoms with Gasteiger partial charge in [0.15, 0.2) is 11.3 Å². The lowest BCUT2D eigenvalue weighted by Gasteiger charge is -2.07. The van der Waals surface area contributed by atoms with E-state index in [-0.39, 0.29) is 0 Å². The lowest BCUT2D eigenvalue weighted by molar-refractivity contribution is 0.410. The molecular formula is C16H14O3. The van der Waals surface area contributed by atoms with E-state index in [1.54, 1.807) is 20.5 Å². The van der Waals surface area contributed by atoms with E-state index in [0.717, 1.165) is 33.6 Å². The Bertz CT molecular complexity index is 696. The zero-order valence-corrected chi connectivity index (χ0v) is 10.8. The third kappa shape index (κ3) is 1.93. The number of rotatable bonds is 3. The summed E-state index contributed by atoms with van der Waals surface area (Å²) < 4.78 is 16.0.